The normalized spacial score (nSPS) is 46.0. The van der Waals surface area contributed by atoms with Crippen LogP contribution >= 0.6 is 0 Å². The van der Waals surface area contributed by atoms with Gasteiger partial charge < -0.3 is 10.4 Å². The molecule has 4 heteroatoms. The third-order valence-electron chi connectivity index (χ3n) is 9.16. The van der Waals surface area contributed by atoms with Gasteiger partial charge in [-0.2, -0.15) is 0 Å². The van der Waals surface area contributed by atoms with E-state index in [4.69, 9.17) is 0 Å². The molecule has 0 radical (unpaired) electrons. The first-order valence-corrected chi connectivity index (χ1v) is 11.8. The Morgan fingerprint density at radius 3 is 1.69 bits per heavy atom. The molecule has 8 atom stereocenters. The third kappa shape index (κ3) is 2.54. The van der Waals surface area contributed by atoms with E-state index < -0.39 is 0 Å². The summed E-state index contributed by atoms with van der Waals surface area (Å²) >= 11 is 0. The Balaban J connectivity index is 1.47. The van der Waals surface area contributed by atoms with E-state index in [0.717, 1.165) is 44.1 Å². The third-order valence-corrected chi connectivity index (χ3v) is 9.16. The average Bonchev–Trinajstić information content (AvgIpc) is 3.21. The van der Waals surface area contributed by atoms with Gasteiger partial charge in [-0.25, -0.2) is 0 Å². The highest BCUT2D eigenvalue weighted by Crippen LogP contribution is 2.58. The number of carbonyl (C=O) groups is 2. The molecule has 4 nitrogen and oxygen atoms in total. The Bertz CT molecular complexity index is 787. The first-order valence-electron chi connectivity index (χ1n) is 11.8. The molecule has 29 heavy (non-hydrogen) atoms. The van der Waals surface area contributed by atoms with Crippen LogP contribution in [0.2, 0.25) is 0 Å². The fourth-order valence-electron chi connectivity index (χ4n) is 8.08. The van der Waals surface area contributed by atoms with Crippen molar-refractivity contribution in [2.24, 2.45) is 35.5 Å². The lowest BCUT2D eigenvalue weighted by Gasteiger charge is -2.45. The Hall–Kier alpha value is -1.68. The Morgan fingerprint density at radius 2 is 1.17 bits per heavy atom. The molecule has 0 spiro atoms. The number of phenolic OH excluding ortho intramolecular Hbond substituents is 1. The number of carbonyl (C=O) groups excluding carboxylic acids is 2. The van der Waals surface area contributed by atoms with Crippen LogP contribution < -0.4 is 5.32 Å². The van der Waals surface area contributed by atoms with Crippen molar-refractivity contribution in [1.82, 2.24) is 5.32 Å². The van der Waals surface area contributed by atoms with Crippen molar-refractivity contribution in [3.63, 3.8) is 0 Å². The molecule has 1 aromatic carbocycles. The van der Waals surface area contributed by atoms with Crippen LogP contribution in [-0.4, -0.2) is 28.8 Å². The number of nitrogens with one attached hydrogen (secondary N) is 1. The zero-order valence-corrected chi connectivity index (χ0v) is 16.9. The number of aromatic hydroxyl groups is 1. The summed E-state index contributed by atoms with van der Waals surface area (Å²) in [7, 11) is 0. The van der Waals surface area contributed by atoms with Crippen molar-refractivity contribution in [3.05, 3.63) is 29.8 Å². The Labute approximate surface area is 172 Å². The minimum Gasteiger partial charge on any atom is -0.508 e. The summed E-state index contributed by atoms with van der Waals surface area (Å²) in [6, 6.07) is 7.82. The molecule has 0 bridgehead atoms. The van der Waals surface area contributed by atoms with E-state index in [1.807, 2.05) is 12.1 Å². The number of hydrogen-bond donors (Lipinski definition) is 2. The lowest BCUT2D eigenvalue weighted by molar-refractivity contribution is -0.129. The lowest BCUT2D eigenvalue weighted by Crippen LogP contribution is -2.58. The number of piperidine rings is 1. The van der Waals surface area contributed by atoms with Crippen molar-refractivity contribution in [1.29, 1.82) is 0 Å². The molecule has 2 N–H and O–H groups in total. The summed E-state index contributed by atoms with van der Waals surface area (Å²) in [6.45, 7) is 0. The maximum atomic E-state index is 13.6. The summed E-state index contributed by atoms with van der Waals surface area (Å²) < 4.78 is 0. The van der Waals surface area contributed by atoms with Crippen LogP contribution in [0.25, 0.3) is 0 Å². The summed E-state index contributed by atoms with van der Waals surface area (Å²) in [6.07, 6.45) is 9.11. The number of hydrogen-bond acceptors (Lipinski definition) is 4. The van der Waals surface area contributed by atoms with Gasteiger partial charge in [-0.05, 0) is 55.2 Å². The number of phenols is 1. The molecule has 1 aromatic rings. The van der Waals surface area contributed by atoms with Crippen LogP contribution in [0.5, 0.6) is 5.75 Å². The molecule has 5 fully saturated rings. The van der Waals surface area contributed by atoms with Gasteiger partial charge in [-0.15, -0.1) is 0 Å². The highest BCUT2D eigenvalue weighted by molar-refractivity contribution is 5.93. The number of fused-ring (bicyclic) bond motifs is 6. The molecule has 4 saturated carbocycles. The van der Waals surface area contributed by atoms with Crippen molar-refractivity contribution in [2.45, 2.75) is 69.4 Å². The average molecular weight is 394 g/mol. The van der Waals surface area contributed by atoms with E-state index in [1.54, 1.807) is 12.1 Å². The topological polar surface area (TPSA) is 66.4 Å². The van der Waals surface area contributed by atoms with Crippen molar-refractivity contribution in [2.75, 3.05) is 0 Å². The van der Waals surface area contributed by atoms with Crippen LogP contribution in [0.15, 0.2) is 24.3 Å². The highest BCUT2D eigenvalue weighted by Gasteiger charge is 2.64. The van der Waals surface area contributed by atoms with E-state index >= 15 is 0 Å². The zero-order valence-electron chi connectivity index (χ0n) is 16.9. The molecule has 6 rings (SSSR count). The van der Waals surface area contributed by atoms with Crippen molar-refractivity contribution in [3.8, 4) is 5.75 Å². The number of rotatable bonds is 1. The molecule has 0 amide bonds. The summed E-state index contributed by atoms with van der Waals surface area (Å²) in [5, 5.41) is 13.8. The summed E-state index contributed by atoms with van der Waals surface area (Å²) in [5.41, 5.74) is 1.08. The highest BCUT2D eigenvalue weighted by atomic mass is 16.3. The largest absolute Gasteiger partial charge is 0.508 e. The predicted octanol–water partition coefficient (Wildman–Crippen LogP) is 3.83. The molecule has 5 aliphatic rings. The molecule has 4 aliphatic carbocycles. The second-order valence-electron chi connectivity index (χ2n) is 10.3. The van der Waals surface area contributed by atoms with Gasteiger partial charge in [0.05, 0.1) is 0 Å². The van der Waals surface area contributed by atoms with Gasteiger partial charge in [0.2, 0.25) is 0 Å². The molecule has 1 saturated heterocycles. The molecular formula is C25H31NO3. The monoisotopic (exact) mass is 393 g/mol. The van der Waals surface area contributed by atoms with Gasteiger partial charge in [0.1, 0.15) is 17.3 Å². The van der Waals surface area contributed by atoms with E-state index in [2.05, 4.69) is 5.32 Å². The van der Waals surface area contributed by atoms with Gasteiger partial charge >= 0.3 is 0 Å². The van der Waals surface area contributed by atoms with Gasteiger partial charge in [0, 0.05) is 41.7 Å². The van der Waals surface area contributed by atoms with E-state index in [1.165, 1.54) is 12.8 Å². The van der Waals surface area contributed by atoms with Crippen LogP contribution in [0.3, 0.4) is 0 Å². The van der Waals surface area contributed by atoms with E-state index in [9.17, 15) is 14.7 Å². The van der Waals surface area contributed by atoms with Gasteiger partial charge in [-0.1, -0.05) is 37.8 Å². The first kappa shape index (κ1) is 18.1. The summed E-state index contributed by atoms with van der Waals surface area (Å²) in [4.78, 5) is 27.3. The standard InChI is InChI=1S/C25H31NO3/c27-14-11-9-13(10-12-14)19-20-22(15-5-1-3-7-17(15)24(20)28)26-23-16-6-2-4-8-18(16)25(29)21(19)23/h9-12,15-23,26-27H,1-8H2. The van der Waals surface area contributed by atoms with Crippen molar-refractivity contribution < 1.29 is 14.7 Å². The van der Waals surface area contributed by atoms with Crippen molar-refractivity contribution >= 4 is 11.6 Å². The van der Waals surface area contributed by atoms with E-state index in [0.29, 0.717) is 23.4 Å². The SMILES string of the molecule is O=C1C2CCCCC2C2NC3C4CCCCC4C(=O)C3C(c3ccc(O)cc3)C12. The number of benzene rings is 1. The van der Waals surface area contributed by atoms with Gasteiger partial charge in [0.15, 0.2) is 0 Å². The molecule has 1 aliphatic heterocycles. The molecular weight excluding hydrogens is 362 g/mol. The van der Waals surface area contributed by atoms with Crippen LogP contribution in [0.1, 0.15) is 62.8 Å². The van der Waals surface area contributed by atoms with Crippen LogP contribution in [0, 0.1) is 35.5 Å². The molecule has 154 valence electrons. The quantitative estimate of drug-likeness (QED) is 0.761. The first-order chi connectivity index (χ1) is 14.1. The number of ketones is 2. The Kier molecular flexibility index (Phi) is 4.16. The Morgan fingerprint density at radius 1 is 0.690 bits per heavy atom. The zero-order chi connectivity index (χ0) is 19.7. The maximum Gasteiger partial charge on any atom is 0.141 e. The molecule has 0 aromatic heterocycles. The smallest absolute Gasteiger partial charge is 0.141 e. The number of Topliss-reactive ketones (excluding diaryl/α,β-unsaturated/α-hetero) is 2. The maximum absolute atomic E-state index is 13.6. The lowest BCUT2D eigenvalue weighted by atomic mass is 9.67. The predicted molar refractivity (Wildman–Crippen MR) is 109 cm³/mol. The summed E-state index contributed by atoms with van der Waals surface area (Å²) in [5.74, 6) is 2.12. The minimum absolute atomic E-state index is 0.0250. The van der Waals surface area contributed by atoms with Crippen LogP contribution in [-0.2, 0) is 9.59 Å². The molecule has 8 unspecified atom stereocenters. The van der Waals surface area contributed by atoms with Gasteiger partial charge in [0.25, 0.3) is 0 Å². The second kappa shape index (κ2) is 6.66. The minimum atomic E-state index is -0.0852. The van der Waals surface area contributed by atoms with Crippen LogP contribution in [0.4, 0.5) is 0 Å². The van der Waals surface area contributed by atoms with E-state index in [-0.39, 0.29) is 47.4 Å². The molecule has 1 heterocycles. The van der Waals surface area contributed by atoms with Gasteiger partial charge in [-0.3, -0.25) is 9.59 Å². The second-order valence-corrected chi connectivity index (χ2v) is 10.3. The fraction of sp³-hybridized carbons (Fsp3) is 0.680. The fourth-order valence-corrected chi connectivity index (χ4v) is 8.08.